The third-order valence-corrected chi connectivity index (χ3v) is 6.71. The van der Waals surface area contributed by atoms with Gasteiger partial charge in [-0.3, -0.25) is 4.79 Å². The number of esters is 1. The highest BCUT2D eigenvalue weighted by Gasteiger charge is 2.43. The molecule has 1 heterocycles. The SMILES string of the molecule is CC(C)OC(=O)CCC[C@H]1CC[C@@H]2[C@@H](/C=C/[C@@H](O)COc3cccc(Cl)c3)[C@H](O)C[C@@H]2OC1. The van der Waals surface area contributed by atoms with Gasteiger partial charge in [-0.1, -0.05) is 29.8 Å². The van der Waals surface area contributed by atoms with E-state index in [4.69, 9.17) is 25.8 Å². The molecule has 6 atom stereocenters. The fourth-order valence-corrected chi connectivity index (χ4v) is 5.03. The number of carbonyl (C=O) groups is 1. The molecule has 184 valence electrons. The first kappa shape index (κ1) is 26.0. The van der Waals surface area contributed by atoms with Gasteiger partial charge in [0.15, 0.2) is 0 Å². The van der Waals surface area contributed by atoms with Crippen molar-refractivity contribution in [1.29, 1.82) is 0 Å². The summed E-state index contributed by atoms with van der Waals surface area (Å²) in [5, 5.41) is 21.5. The van der Waals surface area contributed by atoms with Crippen LogP contribution in [0.4, 0.5) is 0 Å². The highest BCUT2D eigenvalue weighted by atomic mass is 35.5. The zero-order valence-corrected chi connectivity index (χ0v) is 20.3. The van der Waals surface area contributed by atoms with Crippen LogP contribution in [-0.4, -0.2) is 53.8 Å². The summed E-state index contributed by atoms with van der Waals surface area (Å²) in [6.07, 6.45) is 7.13. The second-order valence-corrected chi connectivity index (χ2v) is 9.95. The Kier molecular flexibility index (Phi) is 10.0. The smallest absolute Gasteiger partial charge is 0.306 e. The minimum Gasteiger partial charge on any atom is -0.491 e. The van der Waals surface area contributed by atoms with Crippen LogP contribution in [0.2, 0.25) is 5.02 Å². The van der Waals surface area contributed by atoms with Crippen LogP contribution in [0, 0.1) is 17.8 Å². The normalized spacial score (nSPS) is 28.5. The Bertz CT molecular complexity index is 782. The second-order valence-electron chi connectivity index (χ2n) is 9.51. The van der Waals surface area contributed by atoms with E-state index in [0.29, 0.717) is 36.1 Å². The van der Waals surface area contributed by atoms with Gasteiger partial charge in [0.25, 0.3) is 0 Å². The molecule has 7 heteroatoms. The van der Waals surface area contributed by atoms with Crippen LogP contribution in [0.3, 0.4) is 0 Å². The second kappa shape index (κ2) is 12.7. The number of fused-ring (bicyclic) bond motifs is 1. The molecule has 0 amide bonds. The van der Waals surface area contributed by atoms with Crippen LogP contribution in [-0.2, 0) is 14.3 Å². The molecule has 2 N–H and O–H groups in total. The summed E-state index contributed by atoms with van der Waals surface area (Å²) < 4.78 is 17.0. The average molecular weight is 481 g/mol. The molecule has 0 spiro atoms. The van der Waals surface area contributed by atoms with Crippen molar-refractivity contribution in [2.45, 2.75) is 76.8 Å². The van der Waals surface area contributed by atoms with Crippen molar-refractivity contribution in [3.8, 4) is 5.75 Å². The van der Waals surface area contributed by atoms with Gasteiger partial charge in [0.05, 0.1) is 18.3 Å². The molecule has 2 aliphatic rings. The van der Waals surface area contributed by atoms with Gasteiger partial charge in [-0.15, -0.1) is 0 Å². The predicted molar refractivity (Wildman–Crippen MR) is 127 cm³/mol. The molecular formula is C26H37ClO6. The predicted octanol–water partition coefficient (Wildman–Crippen LogP) is 4.55. The Morgan fingerprint density at radius 1 is 1.33 bits per heavy atom. The molecule has 0 bridgehead atoms. The van der Waals surface area contributed by atoms with Crippen LogP contribution in [0.5, 0.6) is 5.75 Å². The number of hydrogen-bond acceptors (Lipinski definition) is 6. The lowest BCUT2D eigenvalue weighted by Gasteiger charge is -2.21. The van der Waals surface area contributed by atoms with E-state index in [1.54, 1.807) is 30.3 Å². The quantitative estimate of drug-likeness (QED) is 0.377. The number of ether oxygens (including phenoxy) is 3. The maximum absolute atomic E-state index is 11.7. The third-order valence-electron chi connectivity index (χ3n) is 6.48. The van der Waals surface area contributed by atoms with E-state index in [1.165, 1.54) is 0 Å². The summed E-state index contributed by atoms with van der Waals surface area (Å²) >= 11 is 5.96. The number of rotatable bonds is 10. The first-order chi connectivity index (χ1) is 15.8. The van der Waals surface area contributed by atoms with Gasteiger partial charge in [-0.2, -0.15) is 0 Å². The van der Waals surface area contributed by atoms with Gasteiger partial charge in [0.2, 0.25) is 0 Å². The van der Waals surface area contributed by atoms with E-state index >= 15 is 0 Å². The Balaban J connectivity index is 1.45. The van der Waals surface area contributed by atoms with Gasteiger partial charge in [0, 0.05) is 30.4 Å². The van der Waals surface area contributed by atoms with Gasteiger partial charge in [0.1, 0.15) is 18.5 Å². The monoisotopic (exact) mass is 480 g/mol. The molecule has 6 nitrogen and oxygen atoms in total. The minimum atomic E-state index is -0.778. The fraction of sp³-hybridized carbons (Fsp3) is 0.654. The van der Waals surface area contributed by atoms with Crippen LogP contribution >= 0.6 is 11.6 Å². The van der Waals surface area contributed by atoms with Gasteiger partial charge >= 0.3 is 5.97 Å². The van der Waals surface area contributed by atoms with E-state index < -0.39 is 12.2 Å². The molecule has 1 aliphatic carbocycles. The Morgan fingerprint density at radius 3 is 2.91 bits per heavy atom. The number of hydrogen-bond donors (Lipinski definition) is 2. The molecule has 2 fully saturated rings. The van der Waals surface area contributed by atoms with E-state index in [1.807, 2.05) is 19.9 Å². The van der Waals surface area contributed by atoms with E-state index in [-0.39, 0.29) is 36.6 Å². The van der Waals surface area contributed by atoms with Gasteiger partial charge in [-0.05, 0) is 69.6 Å². The lowest BCUT2D eigenvalue weighted by atomic mass is 9.86. The minimum absolute atomic E-state index is 0.0328. The van der Waals surface area contributed by atoms with Gasteiger partial charge in [-0.25, -0.2) is 0 Å². The molecule has 3 rings (SSSR count). The Morgan fingerprint density at radius 2 is 2.15 bits per heavy atom. The van der Waals surface area contributed by atoms with Crippen LogP contribution < -0.4 is 4.74 Å². The molecule has 1 saturated carbocycles. The molecule has 0 aromatic heterocycles. The van der Waals surface area contributed by atoms with Crippen molar-refractivity contribution >= 4 is 17.6 Å². The van der Waals surface area contributed by atoms with E-state index in [0.717, 1.165) is 25.7 Å². The Labute approximate surface area is 201 Å². The molecule has 1 saturated heterocycles. The summed E-state index contributed by atoms with van der Waals surface area (Å²) in [6, 6.07) is 7.06. The largest absolute Gasteiger partial charge is 0.491 e. The highest BCUT2D eigenvalue weighted by molar-refractivity contribution is 6.30. The number of halogens is 1. The van der Waals surface area contributed by atoms with E-state index in [2.05, 4.69) is 0 Å². The molecular weight excluding hydrogens is 444 g/mol. The Hall–Kier alpha value is -1.60. The number of carbonyl (C=O) groups excluding carboxylic acids is 1. The van der Waals surface area contributed by atoms with Crippen LogP contribution in [0.15, 0.2) is 36.4 Å². The summed E-state index contributed by atoms with van der Waals surface area (Å²) in [4.78, 5) is 11.7. The molecule has 33 heavy (non-hydrogen) atoms. The van der Waals surface area contributed by atoms with Crippen molar-refractivity contribution in [2.24, 2.45) is 17.8 Å². The first-order valence-electron chi connectivity index (χ1n) is 12.1. The fourth-order valence-electron chi connectivity index (χ4n) is 4.85. The standard InChI is InChI=1S/C26H37ClO6/c1-17(2)33-26(30)8-3-5-18-9-11-23-22(24(29)14-25(23)32-15-18)12-10-20(28)16-31-21-7-4-6-19(27)13-21/h4,6-7,10,12-13,17-18,20,22-25,28-29H,3,5,8-9,11,14-16H2,1-2H3/b12-10+/t18-,20+,22+,23+,24+,25-/m0/s1. The number of aliphatic hydroxyl groups is 2. The highest BCUT2D eigenvalue weighted by Crippen LogP contribution is 2.42. The van der Waals surface area contributed by atoms with Crippen molar-refractivity contribution in [1.82, 2.24) is 0 Å². The zero-order valence-electron chi connectivity index (χ0n) is 19.6. The van der Waals surface area contributed by atoms with Crippen molar-refractivity contribution in [3.63, 3.8) is 0 Å². The summed E-state index contributed by atoms with van der Waals surface area (Å²) in [7, 11) is 0. The number of benzene rings is 1. The number of aliphatic hydroxyl groups excluding tert-OH is 2. The van der Waals surface area contributed by atoms with Crippen LogP contribution in [0.1, 0.15) is 52.4 Å². The first-order valence-corrected chi connectivity index (χ1v) is 12.4. The molecule has 1 aromatic rings. The van der Waals surface area contributed by atoms with Crippen molar-refractivity contribution in [2.75, 3.05) is 13.2 Å². The zero-order chi connectivity index (χ0) is 23.8. The lowest BCUT2D eigenvalue weighted by molar-refractivity contribution is -0.147. The van der Waals surface area contributed by atoms with Gasteiger partial charge < -0.3 is 24.4 Å². The summed E-state index contributed by atoms with van der Waals surface area (Å²) in [5.74, 6) is 1.07. The van der Waals surface area contributed by atoms with Crippen LogP contribution in [0.25, 0.3) is 0 Å². The topological polar surface area (TPSA) is 85.2 Å². The molecule has 0 unspecified atom stereocenters. The molecule has 0 radical (unpaired) electrons. The van der Waals surface area contributed by atoms with E-state index in [9.17, 15) is 15.0 Å². The maximum Gasteiger partial charge on any atom is 0.306 e. The summed E-state index contributed by atoms with van der Waals surface area (Å²) in [6.45, 7) is 4.51. The van der Waals surface area contributed by atoms with Crippen molar-refractivity contribution in [3.05, 3.63) is 41.4 Å². The lowest BCUT2D eigenvalue weighted by Crippen LogP contribution is -2.22. The summed E-state index contributed by atoms with van der Waals surface area (Å²) in [5.41, 5.74) is 0. The van der Waals surface area contributed by atoms with Crippen molar-refractivity contribution < 1.29 is 29.2 Å². The molecule has 1 aliphatic heterocycles. The average Bonchev–Trinajstić information content (AvgIpc) is 2.92. The maximum atomic E-state index is 11.7. The molecule has 1 aromatic carbocycles. The third kappa shape index (κ3) is 8.29.